The average molecular weight is 252 g/mol. The fourth-order valence-corrected chi connectivity index (χ4v) is 0.984. The molecule has 0 aromatic carbocycles. The molecule has 0 bridgehead atoms. The van der Waals surface area contributed by atoms with Gasteiger partial charge >= 0.3 is 5.97 Å². The van der Waals surface area contributed by atoms with E-state index in [0.717, 1.165) is 6.92 Å². The van der Waals surface area contributed by atoms with Crippen LogP contribution >= 0.6 is 0 Å². The number of carboxylic acids is 1. The molecule has 0 unspecified atom stereocenters. The van der Waals surface area contributed by atoms with Gasteiger partial charge in [-0.25, -0.2) is 4.79 Å². The van der Waals surface area contributed by atoms with Gasteiger partial charge in [-0.15, -0.1) is 0 Å². The number of carboxylic acid groups (broad SMARTS) is 1. The Labute approximate surface area is 96.8 Å². The van der Waals surface area contributed by atoms with Crippen LogP contribution in [-0.4, -0.2) is 67.7 Å². The van der Waals surface area contributed by atoms with Crippen LogP contribution in [-0.2, 0) is 14.4 Å². The van der Waals surface area contributed by atoms with E-state index in [2.05, 4.69) is 0 Å². The molecule has 9 nitrogen and oxygen atoms in total. The maximum atomic E-state index is 10.8. The first-order chi connectivity index (χ1) is 8.09. The minimum absolute atomic E-state index is 0.345. The van der Waals surface area contributed by atoms with Crippen LogP contribution in [0.5, 0.6) is 0 Å². The maximum absolute atomic E-state index is 10.8. The third-order valence-corrected chi connectivity index (χ3v) is 1.85. The number of carbonyl (C=O) groups is 3. The molecule has 4 atom stereocenters. The van der Waals surface area contributed by atoms with E-state index in [1.165, 1.54) is 0 Å². The summed E-state index contributed by atoms with van der Waals surface area (Å²) >= 11 is 0. The highest BCUT2D eigenvalue weighted by Gasteiger charge is 2.45. The van der Waals surface area contributed by atoms with Gasteiger partial charge in [0.05, 0.1) is 0 Å². The van der Waals surface area contributed by atoms with Gasteiger partial charge in [-0.1, -0.05) is 0 Å². The van der Waals surface area contributed by atoms with Gasteiger partial charge in [0, 0.05) is 6.92 Å². The highest BCUT2D eigenvalue weighted by molar-refractivity contribution is 5.79. The topological polar surface area (TPSA) is 164 Å². The Balaban J connectivity index is 5.24. The Morgan fingerprint density at radius 1 is 1.41 bits per heavy atom. The predicted octanol–water partition coefficient (Wildman–Crippen LogP) is -3.82. The zero-order chi connectivity index (χ0) is 14.7. The van der Waals surface area contributed by atoms with Crippen molar-refractivity contribution in [2.45, 2.75) is 31.0 Å². The Hall–Kier alpha value is -1.55. The molecule has 0 radical (unpaired) electrons. The third kappa shape index (κ3) is 3.75. The Bertz CT molecular complexity index is 350. The summed E-state index contributed by atoms with van der Waals surface area (Å²) in [6.07, 6.45) is -8.00. The highest BCUT2D eigenvalue weighted by Crippen LogP contribution is 2.12. The van der Waals surface area contributed by atoms with Crippen LogP contribution in [0.4, 0.5) is 0 Å². The molecule has 0 heterocycles. The summed E-state index contributed by atoms with van der Waals surface area (Å²) in [6.45, 7) is 0.786. The number of aldehydes is 1. The fourth-order valence-electron chi connectivity index (χ4n) is 0.984. The highest BCUT2D eigenvalue weighted by atomic mass is 16.4. The van der Waals surface area contributed by atoms with Crippen LogP contribution in [0.1, 0.15) is 6.92 Å². The first-order valence-corrected chi connectivity index (χ1v) is 4.35. The van der Waals surface area contributed by atoms with Gasteiger partial charge < -0.3 is 30.8 Å². The average Bonchev–Trinajstić information content (AvgIpc) is 2.33. The number of carbonyl (C=O) groups excluding carboxylic acids is 2. The first kappa shape index (κ1) is 13.5. The van der Waals surface area contributed by atoms with Crippen molar-refractivity contribution in [1.82, 2.24) is 5.31 Å². The number of aliphatic carboxylic acids is 1. The number of nitrogens with one attached hydrogen (secondary N) is 1. The number of hydrogen-bond donors (Lipinski definition) is 6. The summed E-state index contributed by atoms with van der Waals surface area (Å²) in [4.78, 5) is 31.8. The fraction of sp³-hybridized carbons (Fsp3) is 0.625. The quantitative estimate of drug-likeness (QED) is 0.207. The zero-order valence-corrected chi connectivity index (χ0v) is 8.72. The molecular weight excluding hydrogens is 238 g/mol. The lowest BCUT2D eigenvalue weighted by Gasteiger charge is -2.31. The van der Waals surface area contributed by atoms with Crippen LogP contribution in [0, 0.1) is 0 Å². The lowest BCUT2D eigenvalue weighted by molar-refractivity contribution is -0.182. The van der Waals surface area contributed by atoms with E-state index in [4.69, 9.17) is 11.6 Å². The molecule has 0 aromatic rings. The van der Waals surface area contributed by atoms with Crippen LogP contribution < -0.4 is 5.31 Å². The normalized spacial score (nSPS) is 20.4. The van der Waals surface area contributed by atoms with E-state index in [-0.39, 0.29) is 5.31 Å². The predicted molar refractivity (Wildman–Crippen MR) is 50.5 cm³/mol. The molecule has 0 saturated carbocycles. The van der Waals surface area contributed by atoms with Gasteiger partial charge in [-0.3, -0.25) is 9.59 Å². The second-order valence-corrected chi connectivity index (χ2v) is 3.25. The molecular formula is C8H13NO8. The van der Waals surface area contributed by atoms with Gasteiger partial charge in [0.15, 0.2) is 13.8 Å². The summed E-state index contributed by atoms with van der Waals surface area (Å²) < 4.78 is 7.06. The van der Waals surface area contributed by atoms with E-state index in [9.17, 15) is 29.7 Å². The molecule has 6 N–H and O–H groups in total. The standard InChI is InChI=1S/C8H13NO8/c1-3(11)9-8(17,2-10)6(14)4(12)5(13)7(15)16/h2,4-6,12-14,17H,1H3,(H,9,11)(H,15,16)/t4-,5+,6+,8+/m1/s1/i/hD. The molecule has 17 heavy (non-hydrogen) atoms. The molecule has 98 valence electrons. The van der Waals surface area contributed by atoms with Gasteiger partial charge in [-0.2, -0.15) is 0 Å². The lowest BCUT2D eigenvalue weighted by Crippen LogP contribution is -2.63. The Morgan fingerprint density at radius 2 is 1.88 bits per heavy atom. The van der Waals surface area contributed by atoms with Crippen molar-refractivity contribution in [3.05, 3.63) is 0 Å². The SMILES string of the molecule is [2H]N(C(C)=O)[C@](O)(C=O)[C@@H](O)[C@H](O)[C@H](O)C(=O)O. The number of aliphatic hydroxyl groups excluding tert-OH is 3. The van der Waals surface area contributed by atoms with E-state index in [1.54, 1.807) is 0 Å². The number of aliphatic hydroxyl groups is 4. The van der Waals surface area contributed by atoms with Gasteiger partial charge in [0.25, 0.3) is 0 Å². The lowest BCUT2D eigenvalue weighted by atomic mass is 9.98. The van der Waals surface area contributed by atoms with Crippen LogP contribution in [0.3, 0.4) is 0 Å². The van der Waals surface area contributed by atoms with E-state index in [1.807, 2.05) is 0 Å². The number of rotatable bonds is 6. The van der Waals surface area contributed by atoms with Crippen molar-refractivity contribution in [2.75, 3.05) is 0 Å². The van der Waals surface area contributed by atoms with Crippen LogP contribution in [0.25, 0.3) is 0 Å². The largest absolute Gasteiger partial charge is 0.479 e. The third-order valence-electron chi connectivity index (χ3n) is 1.85. The molecule has 0 spiro atoms. The Kier molecular flexibility index (Phi) is 4.52. The Morgan fingerprint density at radius 3 is 2.18 bits per heavy atom. The second kappa shape index (κ2) is 5.68. The van der Waals surface area contributed by atoms with E-state index in [0.29, 0.717) is 0 Å². The van der Waals surface area contributed by atoms with Crippen molar-refractivity contribution in [1.29, 1.82) is 0 Å². The molecule has 9 heteroatoms. The van der Waals surface area contributed by atoms with Crippen molar-refractivity contribution < 1.29 is 41.3 Å². The molecule has 0 saturated heterocycles. The summed E-state index contributed by atoms with van der Waals surface area (Å²) in [7, 11) is 0. The summed E-state index contributed by atoms with van der Waals surface area (Å²) in [6, 6.07) is 0. The van der Waals surface area contributed by atoms with Crippen molar-refractivity contribution in [2.24, 2.45) is 0 Å². The smallest absolute Gasteiger partial charge is 0.335 e. The molecule has 0 aliphatic heterocycles. The first-order valence-electron chi connectivity index (χ1n) is 4.79. The summed E-state index contributed by atoms with van der Waals surface area (Å²) in [5.41, 5.74) is -3.18. The van der Waals surface area contributed by atoms with Crippen molar-refractivity contribution in [3.8, 4) is 0 Å². The van der Waals surface area contributed by atoms with Gasteiger partial charge in [-0.05, 0) is 0 Å². The van der Waals surface area contributed by atoms with Gasteiger partial charge in [0.1, 0.15) is 12.2 Å². The monoisotopic (exact) mass is 252 g/mol. The van der Waals surface area contributed by atoms with Crippen LogP contribution in [0.2, 0.25) is 1.41 Å². The minimum Gasteiger partial charge on any atom is -0.479 e. The van der Waals surface area contributed by atoms with E-state index >= 15 is 0 Å². The summed E-state index contributed by atoms with van der Waals surface area (Å²) in [5, 5.41) is 45.2. The molecule has 0 aliphatic carbocycles. The second-order valence-electron chi connectivity index (χ2n) is 3.25. The van der Waals surface area contributed by atoms with E-state index < -0.39 is 42.2 Å². The molecule has 1 amide bonds. The number of amides is 1. The molecule has 0 aliphatic rings. The van der Waals surface area contributed by atoms with Crippen molar-refractivity contribution >= 4 is 18.2 Å². The molecule has 0 rings (SSSR count). The number of hydrogen-bond acceptors (Lipinski definition) is 7. The molecule has 0 aromatic heterocycles. The summed E-state index contributed by atoms with van der Waals surface area (Å²) in [5.74, 6) is -3.07. The van der Waals surface area contributed by atoms with Crippen molar-refractivity contribution in [3.63, 3.8) is 0 Å². The molecule has 0 fully saturated rings. The van der Waals surface area contributed by atoms with Crippen LogP contribution in [0.15, 0.2) is 0 Å². The zero-order valence-electron chi connectivity index (χ0n) is 9.72. The maximum Gasteiger partial charge on any atom is 0.335 e. The van der Waals surface area contributed by atoms with Gasteiger partial charge in [0.2, 0.25) is 11.6 Å². The minimum atomic E-state index is -3.18.